The maximum Gasteiger partial charge on any atom is 0.126 e. The highest BCUT2D eigenvalue weighted by atomic mass is 35.5. The highest BCUT2D eigenvalue weighted by molar-refractivity contribution is 7.21. The van der Waals surface area contributed by atoms with Gasteiger partial charge in [-0.1, -0.05) is 46.9 Å². The molecule has 2 aromatic carbocycles. The van der Waals surface area contributed by atoms with Crippen molar-refractivity contribution in [3.05, 3.63) is 51.5 Å². The molecule has 0 aliphatic carbocycles. The summed E-state index contributed by atoms with van der Waals surface area (Å²) in [6, 6.07) is 11.3. The Morgan fingerprint density at radius 1 is 1.00 bits per heavy atom. The third kappa shape index (κ3) is 2.10. The third-order valence-electron chi connectivity index (χ3n) is 2.52. The van der Waals surface area contributed by atoms with E-state index in [0.29, 0.717) is 15.1 Å². The second-order valence-corrected chi connectivity index (χ2v) is 5.99. The van der Waals surface area contributed by atoms with E-state index in [0.717, 1.165) is 20.8 Å². The summed E-state index contributed by atoms with van der Waals surface area (Å²) in [5.74, 6) is 0. The van der Waals surface area contributed by atoms with Gasteiger partial charge >= 0.3 is 0 Å². The van der Waals surface area contributed by atoms with Crippen LogP contribution in [0.15, 0.2) is 36.4 Å². The topological polar surface area (TPSA) is 12.9 Å². The smallest absolute Gasteiger partial charge is 0.126 e. The summed E-state index contributed by atoms with van der Waals surface area (Å²) in [6.45, 7) is 0. The van der Waals surface area contributed by atoms with Gasteiger partial charge in [0.25, 0.3) is 0 Å². The molecule has 3 aromatic rings. The van der Waals surface area contributed by atoms with Crippen LogP contribution in [0.5, 0.6) is 0 Å². The number of rotatable bonds is 1. The molecule has 1 nitrogen and oxygen atoms in total. The van der Waals surface area contributed by atoms with Gasteiger partial charge in [-0.05, 0) is 24.3 Å². The van der Waals surface area contributed by atoms with Gasteiger partial charge in [0.1, 0.15) is 5.01 Å². The molecule has 0 saturated heterocycles. The van der Waals surface area contributed by atoms with E-state index in [4.69, 9.17) is 34.8 Å². The van der Waals surface area contributed by atoms with Gasteiger partial charge in [0, 0.05) is 10.6 Å². The van der Waals surface area contributed by atoms with E-state index in [2.05, 4.69) is 4.98 Å². The van der Waals surface area contributed by atoms with Crippen molar-refractivity contribution in [2.45, 2.75) is 0 Å². The first kappa shape index (κ1) is 12.2. The number of thiazole rings is 1. The van der Waals surface area contributed by atoms with Crippen molar-refractivity contribution in [1.82, 2.24) is 4.98 Å². The van der Waals surface area contributed by atoms with Crippen LogP contribution in [-0.2, 0) is 0 Å². The van der Waals surface area contributed by atoms with Gasteiger partial charge < -0.3 is 0 Å². The molecule has 90 valence electrons. The molecular formula is C13H6Cl3NS. The van der Waals surface area contributed by atoms with Gasteiger partial charge in [0.15, 0.2) is 0 Å². The predicted molar refractivity (Wildman–Crippen MR) is 80.1 cm³/mol. The summed E-state index contributed by atoms with van der Waals surface area (Å²) in [7, 11) is 0. The lowest BCUT2D eigenvalue weighted by Crippen LogP contribution is -1.80. The minimum atomic E-state index is 0.443. The largest absolute Gasteiger partial charge is 0.236 e. The van der Waals surface area contributed by atoms with Gasteiger partial charge in [-0.2, -0.15) is 0 Å². The summed E-state index contributed by atoms with van der Waals surface area (Å²) < 4.78 is 1.11. The van der Waals surface area contributed by atoms with Crippen LogP contribution >= 0.6 is 46.1 Å². The van der Waals surface area contributed by atoms with E-state index < -0.39 is 0 Å². The fraction of sp³-hybridized carbons (Fsp3) is 0. The summed E-state index contributed by atoms with van der Waals surface area (Å²) in [5, 5.41) is 2.31. The average Bonchev–Trinajstić information content (AvgIpc) is 2.77. The standard InChI is InChI=1S/C13H6Cl3NS/c14-7-5-8(12(16)9(15)6-7)13-17-10-3-1-2-4-11(10)18-13/h1-6H. The molecule has 0 saturated carbocycles. The van der Waals surface area contributed by atoms with Crippen LogP contribution in [0, 0.1) is 0 Å². The molecular weight excluding hydrogens is 309 g/mol. The molecule has 1 aromatic heterocycles. The van der Waals surface area contributed by atoms with Crippen molar-refractivity contribution < 1.29 is 0 Å². The summed E-state index contributed by atoms with van der Waals surface area (Å²) >= 11 is 19.8. The van der Waals surface area contributed by atoms with Crippen molar-refractivity contribution in [3.63, 3.8) is 0 Å². The summed E-state index contributed by atoms with van der Waals surface area (Å²) in [6.07, 6.45) is 0. The minimum Gasteiger partial charge on any atom is -0.236 e. The van der Waals surface area contributed by atoms with E-state index in [1.54, 1.807) is 23.5 Å². The lowest BCUT2D eigenvalue weighted by Gasteiger charge is -2.03. The summed E-state index contributed by atoms with van der Waals surface area (Å²) in [4.78, 5) is 4.54. The zero-order chi connectivity index (χ0) is 12.7. The molecule has 18 heavy (non-hydrogen) atoms. The SMILES string of the molecule is Clc1cc(Cl)c(Cl)c(-c2nc3ccccc3s2)c1. The van der Waals surface area contributed by atoms with E-state index in [9.17, 15) is 0 Å². The van der Waals surface area contributed by atoms with Gasteiger partial charge in [-0.15, -0.1) is 11.3 Å². The summed E-state index contributed by atoms with van der Waals surface area (Å²) in [5.41, 5.74) is 1.72. The second-order valence-electron chi connectivity index (χ2n) is 3.74. The molecule has 1 heterocycles. The second kappa shape index (κ2) is 4.71. The Hall–Kier alpha value is -0.800. The van der Waals surface area contributed by atoms with Gasteiger partial charge in [0.05, 0.1) is 20.3 Å². The number of hydrogen-bond donors (Lipinski definition) is 0. The van der Waals surface area contributed by atoms with Crippen molar-refractivity contribution in [3.8, 4) is 10.6 Å². The first-order valence-electron chi connectivity index (χ1n) is 5.15. The fourth-order valence-electron chi connectivity index (χ4n) is 1.70. The van der Waals surface area contributed by atoms with Crippen LogP contribution < -0.4 is 0 Å². The lowest BCUT2D eigenvalue weighted by molar-refractivity contribution is 1.48. The van der Waals surface area contributed by atoms with Crippen LogP contribution in [0.1, 0.15) is 0 Å². The van der Waals surface area contributed by atoms with Crippen molar-refractivity contribution in [2.75, 3.05) is 0 Å². The number of benzene rings is 2. The molecule has 0 N–H and O–H groups in total. The van der Waals surface area contributed by atoms with E-state index in [1.807, 2.05) is 24.3 Å². The van der Waals surface area contributed by atoms with Gasteiger partial charge in [-0.3, -0.25) is 0 Å². The molecule has 0 unspecified atom stereocenters. The molecule has 0 spiro atoms. The Balaban J connectivity index is 2.26. The first-order valence-corrected chi connectivity index (χ1v) is 7.10. The third-order valence-corrected chi connectivity index (χ3v) is 4.61. The molecule has 0 aliphatic rings. The normalized spacial score (nSPS) is 11.1. The first-order chi connectivity index (χ1) is 8.65. The van der Waals surface area contributed by atoms with Crippen molar-refractivity contribution in [1.29, 1.82) is 0 Å². The molecule has 0 radical (unpaired) electrons. The van der Waals surface area contributed by atoms with Crippen molar-refractivity contribution in [2.24, 2.45) is 0 Å². The minimum absolute atomic E-state index is 0.443. The van der Waals surface area contributed by atoms with E-state index in [-0.39, 0.29) is 0 Å². The Kier molecular flexibility index (Phi) is 3.20. The van der Waals surface area contributed by atoms with Gasteiger partial charge in [0.2, 0.25) is 0 Å². The molecule has 5 heteroatoms. The quantitative estimate of drug-likeness (QED) is 0.508. The highest BCUT2D eigenvalue weighted by Crippen LogP contribution is 2.39. The number of nitrogens with zero attached hydrogens (tertiary/aromatic N) is 1. The predicted octanol–water partition coefficient (Wildman–Crippen LogP) is 5.92. The van der Waals surface area contributed by atoms with Crippen LogP contribution in [0.3, 0.4) is 0 Å². The Morgan fingerprint density at radius 3 is 2.56 bits per heavy atom. The molecule has 0 bridgehead atoms. The monoisotopic (exact) mass is 313 g/mol. The lowest BCUT2D eigenvalue weighted by atomic mass is 10.2. The zero-order valence-corrected chi connectivity index (χ0v) is 12.0. The zero-order valence-electron chi connectivity index (χ0n) is 8.95. The van der Waals surface area contributed by atoms with E-state index >= 15 is 0 Å². The Bertz CT molecular complexity index is 703. The number of para-hydroxylation sites is 1. The molecule has 0 amide bonds. The maximum atomic E-state index is 6.20. The maximum absolute atomic E-state index is 6.20. The van der Waals surface area contributed by atoms with Gasteiger partial charge in [-0.25, -0.2) is 4.98 Å². The molecule has 0 aliphatic heterocycles. The molecule has 3 rings (SSSR count). The number of fused-ring (bicyclic) bond motifs is 1. The molecule has 0 atom stereocenters. The van der Waals surface area contributed by atoms with Crippen molar-refractivity contribution >= 4 is 56.4 Å². The van der Waals surface area contributed by atoms with Crippen LogP contribution in [0.2, 0.25) is 15.1 Å². The number of hydrogen-bond acceptors (Lipinski definition) is 2. The van der Waals surface area contributed by atoms with E-state index in [1.165, 1.54) is 0 Å². The number of halogens is 3. The Morgan fingerprint density at radius 2 is 1.78 bits per heavy atom. The highest BCUT2D eigenvalue weighted by Gasteiger charge is 2.13. The fourth-order valence-corrected chi connectivity index (χ4v) is 3.44. The van der Waals surface area contributed by atoms with Crippen LogP contribution in [-0.4, -0.2) is 4.98 Å². The van der Waals surface area contributed by atoms with Crippen LogP contribution in [0.25, 0.3) is 20.8 Å². The number of aromatic nitrogens is 1. The van der Waals surface area contributed by atoms with Crippen LogP contribution in [0.4, 0.5) is 0 Å². The average molecular weight is 315 g/mol. The Labute approximate surface area is 123 Å². The molecule has 0 fully saturated rings.